The molecule has 0 aromatic carbocycles. The molecule has 0 spiro atoms. The van der Waals surface area contributed by atoms with Crippen molar-refractivity contribution in [3.05, 3.63) is 22.8 Å². The molecule has 1 aromatic rings. The Hall–Kier alpha value is -1.80. The summed E-state index contributed by atoms with van der Waals surface area (Å²) in [6.45, 7) is 0.712. The molecule has 2 N–H and O–H groups in total. The average molecular weight is 251 g/mol. The van der Waals surface area contributed by atoms with E-state index >= 15 is 0 Å². The fourth-order valence-corrected chi connectivity index (χ4v) is 1.93. The number of carbonyl (C=O) groups excluding carboxylic acids is 1. The van der Waals surface area contributed by atoms with Crippen LogP contribution in [0, 0.1) is 11.3 Å². The number of hydrogen-bond donors (Lipinski definition) is 2. The van der Waals surface area contributed by atoms with Crippen molar-refractivity contribution in [3.8, 4) is 6.07 Å². The van der Waals surface area contributed by atoms with Crippen molar-refractivity contribution in [2.24, 2.45) is 0 Å². The van der Waals surface area contributed by atoms with Crippen LogP contribution in [0.15, 0.2) is 12.1 Å². The lowest BCUT2D eigenvalue weighted by Crippen LogP contribution is -2.44. The maximum Gasteiger partial charge on any atom is 0.242 e. The fraction of sp³-hybridized carbons (Fsp3) is 0.364. The van der Waals surface area contributed by atoms with E-state index in [0.717, 1.165) is 12.8 Å². The van der Waals surface area contributed by atoms with Crippen LogP contribution in [-0.4, -0.2) is 23.5 Å². The number of rotatable bonds is 2. The molecule has 2 rings (SSSR count). The van der Waals surface area contributed by atoms with Gasteiger partial charge in [0, 0.05) is 6.54 Å². The van der Waals surface area contributed by atoms with Gasteiger partial charge in [0.05, 0.1) is 11.6 Å². The highest BCUT2D eigenvalue weighted by Crippen LogP contribution is 2.16. The molecule has 1 saturated heterocycles. The Balaban J connectivity index is 2.15. The molecule has 1 atom stereocenters. The van der Waals surface area contributed by atoms with Crippen LogP contribution in [-0.2, 0) is 4.79 Å². The number of nitrogens with zero attached hydrogens (tertiary/aromatic N) is 2. The van der Waals surface area contributed by atoms with Gasteiger partial charge in [-0.15, -0.1) is 0 Å². The summed E-state index contributed by atoms with van der Waals surface area (Å²) in [7, 11) is 0. The van der Waals surface area contributed by atoms with Crippen LogP contribution in [0.25, 0.3) is 0 Å². The van der Waals surface area contributed by atoms with Gasteiger partial charge in [0.15, 0.2) is 0 Å². The van der Waals surface area contributed by atoms with Crippen molar-refractivity contribution in [1.29, 1.82) is 5.26 Å². The Morgan fingerprint density at radius 3 is 3.12 bits per heavy atom. The molecule has 0 saturated carbocycles. The van der Waals surface area contributed by atoms with Crippen LogP contribution in [0.4, 0.5) is 5.82 Å². The number of halogens is 1. The van der Waals surface area contributed by atoms with Gasteiger partial charge in [-0.3, -0.25) is 4.79 Å². The lowest BCUT2D eigenvalue weighted by molar-refractivity contribution is -0.123. The predicted molar refractivity (Wildman–Crippen MR) is 63.6 cm³/mol. The number of amides is 1. The van der Waals surface area contributed by atoms with E-state index in [0.29, 0.717) is 17.9 Å². The van der Waals surface area contributed by atoms with Crippen molar-refractivity contribution in [1.82, 2.24) is 10.3 Å². The normalized spacial score (nSPS) is 19.3. The number of anilines is 1. The molecule has 1 unspecified atom stereocenters. The molecule has 0 radical (unpaired) electrons. The molecular formula is C11H11ClN4O. The second kappa shape index (κ2) is 5.02. The van der Waals surface area contributed by atoms with Crippen molar-refractivity contribution in [2.75, 3.05) is 11.9 Å². The van der Waals surface area contributed by atoms with E-state index in [1.807, 2.05) is 6.07 Å². The monoisotopic (exact) mass is 250 g/mol. The van der Waals surface area contributed by atoms with Gasteiger partial charge in [0.2, 0.25) is 5.91 Å². The van der Waals surface area contributed by atoms with E-state index in [1.165, 1.54) is 6.07 Å². The van der Waals surface area contributed by atoms with Gasteiger partial charge in [-0.1, -0.05) is 11.6 Å². The minimum atomic E-state index is -0.304. The number of hydrogen-bond acceptors (Lipinski definition) is 4. The van der Waals surface area contributed by atoms with Gasteiger partial charge in [0.25, 0.3) is 0 Å². The van der Waals surface area contributed by atoms with E-state index in [1.54, 1.807) is 6.07 Å². The Bertz CT molecular complexity index is 483. The van der Waals surface area contributed by atoms with E-state index in [2.05, 4.69) is 15.6 Å². The second-order valence-corrected chi connectivity index (χ2v) is 4.19. The minimum absolute atomic E-state index is 0.0449. The minimum Gasteiger partial charge on any atom is -0.358 e. The molecular weight excluding hydrogens is 240 g/mol. The number of carbonyl (C=O) groups is 1. The molecule has 1 aliphatic heterocycles. The fourth-order valence-electron chi connectivity index (χ4n) is 1.72. The first-order valence-electron chi connectivity index (χ1n) is 5.31. The first-order chi connectivity index (χ1) is 8.19. The largest absolute Gasteiger partial charge is 0.358 e. The number of nitrogens with one attached hydrogen (secondary N) is 2. The smallest absolute Gasteiger partial charge is 0.242 e. The molecule has 5 nitrogen and oxygen atoms in total. The third kappa shape index (κ3) is 2.86. The Labute approximate surface area is 104 Å². The third-order valence-electron chi connectivity index (χ3n) is 2.53. The summed E-state index contributed by atoms with van der Waals surface area (Å²) < 4.78 is 0. The summed E-state index contributed by atoms with van der Waals surface area (Å²) in [6.07, 6.45) is 1.68. The number of piperidine rings is 1. The van der Waals surface area contributed by atoms with Crippen LogP contribution in [0.2, 0.25) is 5.15 Å². The lowest BCUT2D eigenvalue weighted by Gasteiger charge is -2.23. The zero-order valence-electron chi connectivity index (χ0n) is 9.03. The van der Waals surface area contributed by atoms with Crippen LogP contribution < -0.4 is 10.6 Å². The van der Waals surface area contributed by atoms with Gasteiger partial charge >= 0.3 is 0 Å². The third-order valence-corrected chi connectivity index (χ3v) is 2.72. The lowest BCUT2D eigenvalue weighted by atomic mass is 10.1. The summed E-state index contributed by atoms with van der Waals surface area (Å²) in [4.78, 5) is 15.6. The molecule has 2 heterocycles. The van der Waals surface area contributed by atoms with Crippen LogP contribution in [0.3, 0.4) is 0 Å². The van der Waals surface area contributed by atoms with Gasteiger partial charge in [-0.2, -0.15) is 5.26 Å². The van der Waals surface area contributed by atoms with E-state index in [4.69, 9.17) is 16.9 Å². The summed E-state index contributed by atoms with van der Waals surface area (Å²) in [6, 6.07) is 4.74. The molecule has 88 valence electrons. The van der Waals surface area contributed by atoms with Crippen LogP contribution in [0.1, 0.15) is 18.4 Å². The average Bonchev–Trinajstić information content (AvgIpc) is 2.31. The summed E-state index contributed by atoms with van der Waals surface area (Å²) in [5.74, 6) is 0.410. The number of nitriles is 1. The summed E-state index contributed by atoms with van der Waals surface area (Å²) >= 11 is 5.78. The van der Waals surface area contributed by atoms with Crippen LogP contribution in [0.5, 0.6) is 0 Å². The highest BCUT2D eigenvalue weighted by Gasteiger charge is 2.22. The summed E-state index contributed by atoms with van der Waals surface area (Å²) in [5, 5.41) is 14.8. The maximum absolute atomic E-state index is 11.5. The van der Waals surface area contributed by atoms with Gasteiger partial charge < -0.3 is 10.6 Å². The highest BCUT2D eigenvalue weighted by molar-refractivity contribution is 6.29. The van der Waals surface area contributed by atoms with Crippen molar-refractivity contribution in [2.45, 2.75) is 18.9 Å². The SMILES string of the molecule is N#Cc1cc(Cl)nc(NC2CCCNC2=O)c1. The van der Waals surface area contributed by atoms with Crippen LogP contribution >= 0.6 is 11.6 Å². The van der Waals surface area contributed by atoms with E-state index < -0.39 is 0 Å². The quantitative estimate of drug-likeness (QED) is 0.776. The standard InChI is InChI=1S/C11H11ClN4O/c12-9-4-7(6-13)5-10(16-9)15-8-2-1-3-14-11(8)17/h4-5,8H,1-3H2,(H,14,17)(H,15,16). The van der Waals surface area contributed by atoms with Gasteiger partial charge in [-0.25, -0.2) is 4.98 Å². The molecule has 1 fully saturated rings. The predicted octanol–water partition coefficient (Wildman–Crippen LogP) is 1.30. The van der Waals surface area contributed by atoms with E-state index in [-0.39, 0.29) is 17.1 Å². The highest BCUT2D eigenvalue weighted by atomic mass is 35.5. The molecule has 1 amide bonds. The van der Waals surface area contributed by atoms with E-state index in [9.17, 15) is 4.79 Å². The molecule has 1 aromatic heterocycles. The molecule has 17 heavy (non-hydrogen) atoms. The van der Waals surface area contributed by atoms with Crippen molar-refractivity contribution >= 4 is 23.3 Å². The Kier molecular flexibility index (Phi) is 3.45. The molecule has 0 bridgehead atoms. The van der Waals surface area contributed by atoms with Gasteiger partial charge in [0.1, 0.15) is 17.0 Å². The maximum atomic E-state index is 11.5. The zero-order chi connectivity index (χ0) is 12.3. The Morgan fingerprint density at radius 1 is 1.59 bits per heavy atom. The topological polar surface area (TPSA) is 77.8 Å². The van der Waals surface area contributed by atoms with Crippen molar-refractivity contribution in [3.63, 3.8) is 0 Å². The first kappa shape index (κ1) is 11.7. The Morgan fingerprint density at radius 2 is 2.41 bits per heavy atom. The number of aromatic nitrogens is 1. The zero-order valence-corrected chi connectivity index (χ0v) is 9.79. The molecule has 0 aliphatic carbocycles. The van der Waals surface area contributed by atoms with Gasteiger partial charge in [-0.05, 0) is 25.0 Å². The molecule has 6 heteroatoms. The molecule has 1 aliphatic rings. The second-order valence-electron chi connectivity index (χ2n) is 3.81. The number of pyridine rings is 1. The van der Waals surface area contributed by atoms with Crippen molar-refractivity contribution < 1.29 is 4.79 Å². The summed E-state index contributed by atoms with van der Waals surface area (Å²) in [5.41, 5.74) is 0.420. The first-order valence-corrected chi connectivity index (χ1v) is 5.69.